The number of rotatable bonds is 7. The van der Waals surface area contributed by atoms with Gasteiger partial charge in [0.2, 0.25) is 11.8 Å². The average molecular weight is 388 g/mol. The number of carbonyl (C=O) groups excluding carboxylic acids is 2. The van der Waals surface area contributed by atoms with Crippen LogP contribution < -0.4 is 10.1 Å². The summed E-state index contributed by atoms with van der Waals surface area (Å²) in [5.74, 6) is 1.09. The fraction of sp³-hybridized carbons (Fsp3) is 0.636. The van der Waals surface area contributed by atoms with E-state index in [1.54, 1.807) is 0 Å². The Morgan fingerprint density at radius 1 is 1.11 bits per heavy atom. The Labute approximate surface area is 168 Å². The third-order valence-corrected chi connectivity index (χ3v) is 5.82. The van der Waals surface area contributed by atoms with Crippen molar-refractivity contribution in [1.82, 2.24) is 15.1 Å². The standard InChI is InChI=1S/C22H33N3O3/c1-3-9-24-10-12-25(13-11-24)22(27)20-14-18(15-21(20)23-17(2)26)16-28-19-7-5-4-6-8-19/h4-8,18,20-21H,3,9-16H2,1-2H3,(H,23,26)/t18-,20-,21-/m1/s1. The van der Waals surface area contributed by atoms with Crippen molar-refractivity contribution in [2.45, 2.75) is 39.2 Å². The van der Waals surface area contributed by atoms with Crippen molar-refractivity contribution in [3.05, 3.63) is 30.3 Å². The lowest BCUT2D eigenvalue weighted by molar-refractivity contribution is -0.138. The van der Waals surface area contributed by atoms with Crippen molar-refractivity contribution in [3.63, 3.8) is 0 Å². The molecule has 0 radical (unpaired) electrons. The highest BCUT2D eigenvalue weighted by Crippen LogP contribution is 2.33. The Hall–Kier alpha value is -2.08. The van der Waals surface area contributed by atoms with Crippen LogP contribution in [0, 0.1) is 11.8 Å². The maximum Gasteiger partial charge on any atom is 0.227 e. The number of benzene rings is 1. The van der Waals surface area contributed by atoms with E-state index >= 15 is 0 Å². The van der Waals surface area contributed by atoms with Gasteiger partial charge in [-0.05, 0) is 43.9 Å². The molecule has 2 aliphatic rings. The predicted octanol–water partition coefficient (Wildman–Crippen LogP) is 2.15. The van der Waals surface area contributed by atoms with Gasteiger partial charge in [-0.1, -0.05) is 25.1 Å². The molecule has 154 valence electrons. The van der Waals surface area contributed by atoms with E-state index in [0.717, 1.165) is 57.7 Å². The number of amides is 2. The zero-order valence-corrected chi connectivity index (χ0v) is 17.1. The van der Waals surface area contributed by atoms with Gasteiger partial charge in [0.25, 0.3) is 0 Å². The van der Waals surface area contributed by atoms with Gasteiger partial charge in [-0.25, -0.2) is 0 Å². The second-order valence-electron chi connectivity index (χ2n) is 8.04. The van der Waals surface area contributed by atoms with Crippen molar-refractivity contribution in [2.24, 2.45) is 11.8 Å². The van der Waals surface area contributed by atoms with Gasteiger partial charge in [0.15, 0.2) is 0 Å². The zero-order valence-electron chi connectivity index (χ0n) is 17.1. The van der Waals surface area contributed by atoms with Crippen LogP contribution in [0.15, 0.2) is 30.3 Å². The first-order chi connectivity index (χ1) is 13.6. The molecule has 0 spiro atoms. The third-order valence-electron chi connectivity index (χ3n) is 5.82. The van der Waals surface area contributed by atoms with Gasteiger partial charge in [0, 0.05) is 39.1 Å². The number of ether oxygens (including phenoxy) is 1. The van der Waals surface area contributed by atoms with E-state index in [2.05, 4.69) is 17.1 Å². The number of hydrogen-bond acceptors (Lipinski definition) is 4. The summed E-state index contributed by atoms with van der Waals surface area (Å²) in [5, 5.41) is 3.02. The molecule has 6 heteroatoms. The molecule has 2 fully saturated rings. The topological polar surface area (TPSA) is 61.9 Å². The van der Waals surface area contributed by atoms with Crippen LogP contribution in [0.1, 0.15) is 33.1 Å². The smallest absolute Gasteiger partial charge is 0.227 e. The molecule has 3 rings (SSSR count). The van der Waals surface area contributed by atoms with E-state index in [9.17, 15) is 9.59 Å². The first kappa shape index (κ1) is 20.6. The third kappa shape index (κ3) is 5.47. The van der Waals surface area contributed by atoms with Crippen LogP contribution in [0.3, 0.4) is 0 Å². The first-order valence-electron chi connectivity index (χ1n) is 10.5. The van der Waals surface area contributed by atoms with Gasteiger partial charge < -0.3 is 15.0 Å². The number of nitrogens with one attached hydrogen (secondary N) is 1. The quantitative estimate of drug-likeness (QED) is 0.779. The molecule has 1 N–H and O–H groups in total. The fourth-order valence-corrected chi connectivity index (χ4v) is 4.45. The maximum atomic E-state index is 13.2. The first-order valence-corrected chi connectivity index (χ1v) is 10.5. The van der Waals surface area contributed by atoms with Crippen LogP contribution in [0.5, 0.6) is 5.75 Å². The van der Waals surface area contributed by atoms with Gasteiger partial charge in [-0.2, -0.15) is 0 Å². The average Bonchev–Trinajstić information content (AvgIpc) is 3.09. The summed E-state index contributed by atoms with van der Waals surface area (Å²) in [7, 11) is 0. The van der Waals surface area contributed by atoms with E-state index in [0.29, 0.717) is 6.61 Å². The van der Waals surface area contributed by atoms with Gasteiger partial charge >= 0.3 is 0 Å². The predicted molar refractivity (Wildman–Crippen MR) is 109 cm³/mol. The molecule has 1 saturated carbocycles. The second kappa shape index (κ2) is 9.92. The summed E-state index contributed by atoms with van der Waals surface area (Å²) in [6, 6.07) is 9.66. The van der Waals surface area contributed by atoms with Crippen LogP contribution in [0.4, 0.5) is 0 Å². The number of carbonyl (C=O) groups is 2. The van der Waals surface area contributed by atoms with Crippen molar-refractivity contribution < 1.29 is 14.3 Å². The number of nitrogens with zero attached hydrogens (tertiary/aromatic N) is 2. The monoisotopic (exact) mass is 387 g/mol. The van der Waals surface area contributed by atoms with Crippen LogP contribution >= 0.6 is 0 Å². The number of hydrogen-bond donors (Lipinski definition) is 1. The molecule has 2 amide bonds. The van der Waals surface area contributed by atoms with E-state index in [4.69, 9.17) is 4.74 Å². The summed E-state index contributed by atoms with van der Waals surface area (Å²) in [6.07, 6.45) is 2.70. The van der Waals surface area contributed by atoms with E-state index in [-0.39, 0.29) is 29.7 Å². The lowest BCUT2D eigenvalue weighted by Crippen LogP contribution is -2.52. The van der Waals surface area contributed by atoms with Crippen LogP contribution in [0.2, 0.25) is 0 Å². The Bertz CT molecular complexity index is 644. The van der Waals surface area contributed by atoms with Gasteiger partial charge in [-0.3, -0.25) is 14.5 Å². The van der Waals surface area contributed by atoms with Crippen molar-refractivity contribution in [3.8, 4) is 5.75 Å². The van der Waals surface area contributed by atoms with Crippen LogP contribution in [-0.2, 0) is 9.59 Å². The Morgan fingerprint density at radius 2 is 1.82 bits per heavy atom. The van der Waals surface area contributed by atoms with E-state index < -0.39 is 0 Å². The fourth-order valence-electron chi connectivity index (χ4n) is 4.45. The molecule has 1 aliphatic carbocycles. The molecule has 1 heterocycles. The summed E-state index contributed by atoms with van der Waals surface area (Å²) >= 11 is 0. The SMILES string of the molecule is CCCN1CCN(C(=O)[C@@H]2C[C@@H](COc3ccccc3)C[C@H]2NC(C)=O)CC1. The molecule has 1 aromatic rings. The molecule has 28 heavy (non-hydrogen) atoms. The van der Waals surface area contributed by atoms with Gasteiger partial charge in [0.05, 0.1) is 12.5 Å². The molecule has 6 nitrogen and oxygen atoms in total. The molecular formula is C22H33N3O3. The van der Waals surface area contributed by atoms with Gasteiger partial charge in [-0.15, -0.1) is 0 Å². The molecule has 1 aromatic carbocycles. The van der Waals surface area contributed by atoms with Crippen molar-refractivity contribution >= 4 is 11.8 Å². The minimum Gasteiger partial charge on any atom is -0.493 e. The summed E-state index contributed by atoms with van der Waals surface area (Å²) < 4.78 is 5.91. The van der Waals surface area contributed by atoms with Gasteiger partial charge in [0.1, 0.15) is 5.75 Å². The lowest BCUT2D eigenvalue weighted by Gasteiger charge is -2.36. The number of para-hydroxylation sites is 1. The normalized spacial score (nSPS) is 25.5. The molecule has 3 atom stereocenters. The highest BCUT2D eigenvalue weighted by atomic mass is 16.5. The summed E-state index contributed by atoms with van der Waals surface area (Å²) in [5.41, 5.74) is 0. The highest BCUT2D eigenvalue weighted by Gasteiger charge is 2.41. The van der Waals surface area contributed by atoms with Crippen LogP contribution in [0.25, 0.3) is 0 Å². The highest BCUT2D eigenvalue weighted by molar-refractivity contribution is 5.81. The maximum absolute atomic E-state index is 13.2. The van der Waals surface area contributed by atoms with Crippen molar-refractivity contribution in [2.75, 3.05) is 39.3 Å². The molecular weight excluding hydrogens is 354 g/mol. The second-order valence-corrected chi connectivity index (χ2v) is 8.04. The van der Waals surface area contributed by atoms with Crippen molar-refractivity contribution in [1.29, 1.82) is 0 Å². The minimum absolute atomic E-state index is 0.0693. The molecule has 0 aromatic heterocycles. The molecule has 1 saturated heterocycles. The molecule has 0 bridgehead atoms. The zero-order chi connectivity index (χ0) is 19.9. The Morgan fingerprint density at radius 3 is 2.46 bits per heavy atom. The molecule has 0 unspecified atom stereocenters. The summed E-state index contributed by atoms with van der Waals surface area (Å²) in [6.45, 7) is 8.84. The van der Waals surface area contributed by atoms with E-state index in [1.807, 2.05) is 35.2 Å². The van der Waals surface area contributed by atoms with Crippen LogP contribution in [-0.4, -0.2) is 67.0 Å². The lowest BCUT2D eigenvalue weighted by atomic mass is 10.0. The largest absolute Gasteiger partial charge is 0.493 e. The molecule has 1 aliphatic heterocycles. The Kier molecular flexibility index (Phi) is 7.31. The van der Waals surface area contributed by atoms with E-state index in [1.165, 1.54) is 6.92 Å². The summed E-state index contributed by atoms with van der Waals surface area (Å²) in [4.78, 5) is 29.3. The minimum atomic E-state index is -0.147. The number of piperazine rings is 1. The Balaban J connectivity index is 1.57.